The van der Waals surface area contributed by atoms with Crippen LogP contribution in [0.3, 0.4) is 0 Å². The molecule has 0 amide bonds. The van der Waals surface area contributed by atoms with Crippen LogP contribution in [-0.4, -0.2) is 34.2 Å². The average molecular weight is 351 g/mol. The highest BCUT2D eigenvalue weighted by Gasteiger charge is 2.21. The highest BCUT2D eigenvalue weighted by molar-refractivity contribution is 7.99. The SMILES string of the molecule is OCC1CCC(Nc2cc(Cl)ncc2C#CC2CCSC2)CC1. The van der Waals surface area contributed by atoms with Gasteiger partial charge < -0.3 is 10.4 Å². The topological polar surface area (TPSA) is 45.1 Å². The van der Waals surface area contributed by atoms with E-state index < -0.39 is 0 Å². The largest absolute Gasteiger partial charge is 0.396 e. The van der Waals surface area contributed by atoms with E-state index in [4.69, 9.17) is 11.6 Å². The number of hydrogen-bond donors (Lipinski definition) is 2. The number of nitrogens with one attached hydrogen (secondary N) is 1. The second kappa shape index (κ2) is 8.28. The van der Waals surface area contributed by atoms with Crippen molar-refractivity contribution in [2.24, 2.45) is 11.8 Å². The minimum absolute atomic E-state index is 0.309. The first-order chi connectivity index (χ1) is 11.2. The van der Waals surface area contributed by atoms with Crippen LogP contribution in [-0.2, 0) is 0 Å². The molecule has 2 fully saturated rings. The number of rotatable bonds is 3. The van der Waals surface area contributed by atoms with E-state index in [0.29, 0.717) is 29.6 Å². The van der Waals surface area contributed by atoms with Gasteiger partial charge in [-0.15, -0.1) is 0 Å². The Labute approximate surface area is 147 Å². The third kappa shape index (κ3) is 4.79. The first-order valence-corrected chi connectivity index (χ1v) is 9.90. The van der Waals surface area contributed by atoms with Gasteiger partial charge in [0, 0.05) is 30.5 Å². The number of hydrogen-bond acceptors (Lipinski definition) is 4. The van der Waals surface area contributed by atoms with E-state index in [1.807, 2.05) is 17.8 Å². The Balaban J connectivity index is 1.69. The van der Waals surface area contributed by atoms with Crippen molar-refractivity contribution in [1.29, 1.82) is 0 Å². The molecule has 1 aromatic rings. The van der Waals surface area contributed by atoms with Crippen LogP contribution in [0.4, 0.5) is 5.69 Å². The van der Waals surface area contributed by atoms with Gasteiger partial charge in [-0.1, -0.05) is 23.4 Å². The van der Waals surface area contributed by atoms with Crippen LogP contribution in [0, 0.1) is 23.7 Å². The first kappa shape index (κ1) is 17.0. The zero-order chi connectivity index (χ0) is 16.1. The van der Waals surface area contributed by atoms with E-state index in [2.05, 4.69) is 22.1 Å². The molecule has 3 nitrogen and oxygen atoms in total. The number of anilines is 1. The predicted octanol–water partition coefficient (Wildman–Crippen LogP) is 3.80. The number of aliphatic hydroxyl groups excluding tert-OH is 1. The number of aromatic nitrogens is 1. The lowest BCUT2D eigenvalue weighted by molar-refractivity contribution is 0.186. The molecule has 1 aliphatic heterocycles. The normalized spacial score (nSPS) is 27.3. The summed E-state index contributed by atoms with van der Waals surface area (Å²) in [6, 6.07) is 2.31. The molecule has 5 heteroatoms. The van der Waals surface area contributed by atoms with Crippen molar-refractivity contribution in [3.8, 4) is 11.8 Å². The maximum atomic E-state index is 9.26. The Bertz CT molecular complexity index is 584. The van der Waals surface area contributed by atoms with Crippen molar-refractivity contribution in [3.05, 3.63) is 23.0 Å². The average Bonchev–Trinajstić information content (AvgIpc) is 3.08. The van der Waals surface area contributed by atoms with Crippen molar-refractivity contribution in [2.75, 3.05) is 23.4 Å². The van der Waals surface area contributed by atoms with Crippen molar-refractivity contribution >= 4 is 29.1 Å². The third-order valence-corrected chi connectivity index (χ3v) is 6.04. The van der Waals surface area contributed by atoms with Crippen molar-refractivity contribution < 1.29 is 5.11 Å². The van der Waals surface area contributed by atoms with Gasteiger partial charge in [0.25, 0.3) is 0 Å². The molecule has 0 radical (unpaired) electrons. The van der Waals surface area contributed by atoms with Gasteiger partial charge in [0.15, 0.2) is 0 Å². The predicted molar refractivity (Wildman–Crippen MR) is 98.0 cm³/mol. The summed E-state index contributed by atoms with van der Waals surface area (Å²) in [5.74, 6) is 10.0. The molecule has 124 valence electrons. The van der Waals surface area contributed by atoms with Crippen LogP contribution in [0.15, 0.2) is 12.3 Å². The lowest BCUT2D eigenvalue weighted by Crippen LogP contribution is -2.27. The molecule has 2 heterocycles. The van der Waals surface area contributed by atoms with E-state index in [0.717, 1.165) is 42.7 Å². The highest BCUT2D eigenvalue weighted by atomic mass is 35.5. The monoisotopic (exact) mass is 350 g/mol. The molecule has 1 aromatic heterocycles. The minimum Gasteiger partial charge on any atom is -0.396 e. The molecule has 23 heavy (non-hydrogen) atoms. The molecule has 2 N–H and O–H groups in total. The number of pyridine rings is 1. The standard InChI is InChI=1S/C18H23ClN2OS/c19-18-9-17(21-16-5-2-13(11-22)3-6-16)15(10-20-18)4-1-14-7-8-23-12-14/h9-10,13-14,16,22H,2-3,5-8,11-12H2,(H,20,21). The van der Waals surface area contributed by atoms with Gasteiger partial charge in [0.1, 0.15) is 5.15 Å². The Morgan fingerprint density at radius 1 is 1.30 bits per heavy atom. The lowest BCUT2D eigenvalue weighted by atomic mass is 9.86. The first-order valence-electron chi connectivity index (χ1n) is 8.37. The van der Waals surface area contributed by atoms with Crippen LogP contribution >= 0.6 is 23.4 Å². The van der Waals surface area contributed by atoms with Gasteiger partial charge in [-0.05, 0) is 49.8 Å². The smallest absolute Gasteiger partial charge is 0.131 e. The van der Waals surface area contributed by atoms with Gasteiger partial charge >= 0.3 is 0 Å². The summed E-state index contributed by atoms with van der Waals surface area (Å²) in [4.78, 5) is 4.19. The van der Waals surface area contributed by atoms with Gasteiger partial charge in [0.2, 0.25) is 0 Å². The molecule has 1 unspecified atom stereocenters. The summed E-state index contributed by atoms with van der Waals surface area (Å²) < 4.78 is 0. The Morgan fingerprint density at radius 3 is 2.83 bits per heavy atom. The second-order valence-corrected chi connectivity index (χ2v) is 7.96. The minimum atomic E-state index is 0.309. The fourth-order valence-electron chi connectivity index (χ4n) is 3.19. The van der Waals surface area contributed by atoms with Crippen LogP contribution in [0.25, 0.3) is 0 Å². The summed E-state index contributed by atoms with van der Waals surface area (Å²) in [5, 5.41) is 13.4. The maximum absolute atomic E-state index is 9.26. The summed E-state index contributed by atoms with van der Waals surface area (Å²) in [6.45, 7) is 0.309. The third-order valence-electron chi connectivity index (χ3n) is 4.68. The second-order valence-electron chi connectivity index (χ2n) is 6.43. The summed E-state index contributed by atoms with van der Waals surface area (Å²) in [7, 11) is 0. The molecule has 0 aromatic carbocycles. The van der Waals surface area contributed by atoms with E-state index in [9.17, 15) is 5.11 Å². The Hall–Kier alpha value is -0.890. The fourth-order valence-corrected chi connectivity index (χ4v) is 4.50. The summed E-state index contributed by atoms with van der Waals surface area (Å²) >= 11 is 8.05. The quantitative estimate of drug-likeness (QED) is 0.643. The molecule has 1 saturated heterocycles. The number of thioether (sulfide) groups is 1. The van der Waals surface area contributed by atoms with Gasteiger partial charge in [-0.2, -0.15) is 11.8 Å². The summed E-state index contributed by atoms with van der Waals surface area (Å²) in [5.41, 5.74) is 1.94. The lowest BCUT2D eigenvalue weighted by Gasteiger charge is -2.29. The summed E-state index contributed by atoms with van der Waals surface area (Å²) in [6.07, 6.45) is 7.28. The van der Waals surface area contributed by atoms with E-state index in [1.165, 1.54) is 12.2 Å². The fraction of sp³-hybridized carbons (Fsp3) is 0.611. The molecule has 0 spiro atoms. The number of halogens is 1. The van der Waals surface area contributed by atoms with Crippen molar-refractivity contribution in [2.45, 2.75) is 38.1 Å². The van der Waals surface area contributed by atoms with Crippen LogP contribution < -0.4 is 5.32 Å². The molecule has 3 rings (SSSR count). The zero-order valence-electron chi connectivity index (χ0n) is 13.2. The van der Waals surface area contributed by atoms with Gasteiger partial charge in [0.05, 0.1) is 11.3 Å². The van der Waals surface area contributed by atoms with Crippen LogP contribution in [0.2, 0.25) is 5.15 Å². The number of aliphatic hydroxyl groups is 1. The Kier molecular flexibility index (Phi) is 6.10. The molecule has 2 aliphatic rings. The molecule has 1 atom stereocenters. The molecule has 1 saturated carbocycles. The van der Waals surface area contributed by atoms with E-state index in [1.54, 1.807) is 6.20 Å². The van der Waals surface area contributed by atoms with Crippen molar-refractivity contribution in [3.63, 3.8) is 0 Å². The Morgan fingerprint density at radius 2 is 2.13 bits per heavy atom. The maximum Gasteiger partial charge on any atom is 0.131 e. The van der Waals surface area contributed by atoms with Crippen LogP contribution in [0.1, 0.15) is 37.7 Å². The van der Waals surface area contributed by atoms with Gasteiger partial charge in [-0.3, -0.25) is 0 Å². The molecular weight excluding hydrogens is 328 g/mol. The van der Waals surface area contributed by atoms with Gasteiger partial charge in [-0.25, -0.2) is 4.98 Å². The van der Waals surface area contributed by atoms with Crippen LogP contribution in [0.5, 0.6) is 0 Å². The van der Waals surface area contributed by atoms with E-state index >= 15 is 0 Å². The zero-order valence-corrected chi connectivity index (χ0v) is 14.8. The molecular formula is C18H23ClN2OS. The molecule has 1 aliphatic carbocycles. The van der Waals surface area contributed by atoms with E-state index in [-0.39, 0.29) is 0 Å². The molecule has 0 bridgehead atoms. The van der Waals surface area contributed by atoms with Crippen molar-refractivity contribution in [1.82, 2.24) is 4.98 Å². The highest BCUT2D eigenvalue weighted by Crippen LogP contribution is 2.28. The number of nitrogens with zero attached hydrogens (tertiary/aromatic N) is 1.